The lowest BCUT2D eigenvalue weighted by Crippen LogP contribution is -2.30. The summed E-state index contributed by atoms with van der Waals surface area (Å²) in [6.07, 6.45) is 8.99. The van der Waals surface area contributed by atoms with Crippen molar-refractivity contribution in [1.82, 2.24) is 5.32 Å². The van der Waals surface area contributed by atoms with Crippen LogP contribution in [0.15, 0.2) is 18.2 Å². The van der Waals surface area contributed by atoms with Crippen LogP contribution in [0, 0.1) is 12.3 Å². The standard InChI is InChI=1S/C17H24N2/c1-4-10-18-14(3)15-8-9-17-16(13-15)7-6-12-19(17)11-5-2/h2,8-9,13-14,18H,4,6-7,10-12H2,1,3H3. The topological polar surface area (TPSA) is 15.3 Å². The number of hydrogen-bond acceptors (Lipinski definition) is 2. The molecule has 1 unspecified atom stereocenters. The lowest BCUT2D eigenvalue weighted by molar-refractivity contribution is 0.569. The number of benzene rings is 1. The number of anilines is 1. The molecular weight excluding hydrogens is 232 g/mol. The molecule has 1 aliphatic heterocycles. The molecule has 1 heterocycles. The van der Waals surface area contributed by atoms with Gasteiger partial charge in [0.05, 0.1) is 6.54 Å². The minimum absolute atomic E-state index is 0.424. The maximum absolute atomic E-state index is 5.45. The van der Waals surface area contributed by atoms with Crippen molar-refractivity contribution in [3.63, 3.8) is 0 Å². The maximum Gasteiger partial charge on any atom is 0.0791 e. The van der Waals surface area contributed by atoms with Crippen LogP contribution in [0.1, 0.15) is 43.9 Å². The fourth-order valence-corrected chi connectivity index (χ4v) is 2.72. The van der Waals surface area contributed by atoms with E-state index in [0.29, 0.717) is 6.04 Å². The van der Waals surface area contributed by atoms with Gasteiger partial charge < -0.3 is 10.2 Å². The molecule has 1 aromatic rings. The summed E-state index contributed by atoms with van der Waals surface area (Å²) in [7, 11) is 0. The van der Waals surface area contributed by atoms with Crippen molar-refractivity contribution in [3.8, 4) is 12.3 Å². The third-order valence-corrected chi connectivity index (χ3v) is 3.80. The molecule has 0 bridgehead atoms. The second-order valence-corrected chi connectivity index (χ2v) is 5.29. The number of hydrogen-bond donors (Lipinski definition) is 1. The Morgan fingerprint density at radius 2 is 2.32 bits per heavy atom. The SMILES string of the molecule is C#CCN1CCCc2cc(C(C)NCCC)ccc21. The number of aryl methyl sites for hydroxylation is 1. The first-order valence-electron chi connectivity index (χ1n) is 7.31. The van der Waals surface area contributed by atoms with Gasteiger partial charge in [-0.1, -0.05) is 25.0 Å². The van der Waals surface area contributed by atoms with Crippen LogP contribution in [0.4, 0.5) is 5.69 Å². The fraction of sp³-hybridized carbons (Fsp3) is 0.529. The summed E-state index contributed by atoms with van der Waals surface area (Å²) in [6, 6.07) is 7.26. The van der Waals surface area contributed by atoms with E-state index < -0.39 is 0 Å². The quantitative estimate of drug-likeness (QED) is 0.814. The van der Waals surface area contributed by atoms with Crippen LogP contribution in [-0.2, 0) is 6.42 Å². The van der Waals surface area contributed by atoms with Gasteiger partial charge in [-0.05, 0) is 49.9 Å². The monoisotopic (exact) mass is 256 g/mol. The molecule has 1 atom stereocenters. The summed E-state index contributed by atoms with van der Waals surface area (Å²) in [4.78, 5) is 2.31. The Labute approximate surface area is 117 Å². The Balaban J connectivity index is 2.17. The molecule has 0 aromatic heterocycles. The summed E-state index contributed by atoms with van der Waals surface area (Å²) < 4.78 is 0. The molecule has 2 rings (SSSR count). The molecule has 19 heavy (non-hydrogen) atoms. The molecule has 0 amide bonds. The van der Waals surface area contributed by atoms with Crippen molar-refractivity contribution in [1.29, 1.82) is 0 Å². The van der Waals surface area contributed by atoms with Crippen LogP contribution in [0.3, 0.4) is 0 Å². The molecule has 2 heteroatoms. The Bertz CT molecular complexity index is 459. The van der Waals surface area contributed by atoms with Gasteiger partial charge in [0.2, 0.25) is 0 Å². The van der Waals surface area contributed by atoms with E-state index in [1.807, 2.05) is 0 Å². The third kappa shape index (κ3) is 3.30. The molecule has 102 valence electrons. The highest BCUT2D eigenvalue weighted by atomic mass is 15.1. The lowest BCUT2D eigenvalue weighted by atomic mass is 9.97. The van der Waals surface area contributed by atoms with E-state index in [2.05, 4.69) is 48.2 Å². The predicted molar refractivity (Wildman–Crippen MR) is 82.5 cm³/mol. The minimum Gasteiger partial charge on any atom is -0.360 e. The van der Waals surface area contributed by atoms with Gasteiger partial charge in [-0.25, -0.2) is 0 Å². The first kappa shape index (κ1) is 14.0. The summed E-state index contributed by atoms with van der Waals surface area (Å²) in [5.74, 6) is 2.76. The molecule has 0 saturated heterocycles. The van der Waals surface area contributed by atoms with Crippen molar-refractivity contribution in [3.05, 3.63) is 29.3 Å². The molecule has 1 N–H and O–H groups in total. The minimum atomic E-state index is 0.424. The van der Waals surface area contributed by atoms with E-state index in [-0.39, 0.29) is 0 Å². The molecular formula is C17H24N2. The van der Waals surface area contributed by atoms with Crippen LogP contribution in [0.5, 0.6) is 0 Å². The van der Waals surface area contributed by atoms with Gasteiger partial charge in [-0.15, -0.1) is 6.42 Å². The summed E-state index contributed by atoms with van der Waals surface area (Å²) in [5, 5.41) is 3.55. The van der Waals surface area contributed by atoms with Gasteiger partial charge in [-0.2, -0.15) is 0 Å². The van der Waals surface area contributed by atoms with Gasteiger partial charge in [0, 0.05) is 18.3 Å². The van der Waals surface area contributed by atoms with Crippen molar-refractivity contribution in [2.45, 2.75) is 39.2 Å². The zero-order valence-corrected chi connectivity index (χ0v) is 12.1. The van der Waals surface area contributed by atoms with E-state index in [1.54, 1.807) is 0 Å². The van der Waals surface area contributed by atoms with Gasteiger partial charge in [-0.3, -0.25) is 0 Å². The molecule has 1 aliphatic rings. The van der Waals surface area contributed by atoms with E-state index >= 15 is 0 Å². The normalized spacial score (nSPS) is 15.7. The van der Waals surface area contributed by atoms with Gasteiger partial charge in [0.1, 0.15) is 0 Å². The Morgan fingerprint density at radius 3 is 3.05 bits per heavy atom. The average Bonchev–Trinajstić information content (AvgIpc) is 2.45. The van der Waals surface area contributed by atoms with Gasteiger partial charge in [0.15, 0.2) is 0 Å². The van der Waals surface area contributed by atoms with Crippen molar-refractivity contribution >= 4 is 5.69 Å². The van der Waals surface area contributed by atoms with Gasteiger partial charge in [0.25, 0.3) is 0 Å². The smallest absolute Gasteiger partial charge is 0.0791 e. The summed E-state index contributed by atoms with van der Waals surface area (Å²) in [5.41, 5.74) is 4.16. The van der Waals surface area contributed by atoms with Crippen molar-refractivity contribution in [2.24, 2.45) is 0 Å². The third-order valence-electron chi connectivity index (χ3n) is 3.80. The predicted octanol–water partition coefficient (Wildman–Crippen LogP) is 3.13. The number of nitrogens with zero attached hydrogens (tertiary/aromatic N) is 1. The second-order valence-electron chi connectivity index (χ2n) is 5.29. The average molecular weight is 256 g/mol. The molecule has 0 radical (unpaired) electrons. The van der Waals surface area contributed by atoms with Gasteiger partial charge >= 0.3 is 0 Å². The summed E-state index contributed by atoms with van der Waals surface area (Å²) in [6.45, 7) is 7.31. The van der Waals surface area contributed by atoms with Crippen LogP contribution in [0.25, 0.3) is 0 Å². The number of fused-ring (bicyclic) bond motifs is 1. The molecule has 2 nitrogen and oxygen atoms in total. The first-order chi connectivity index (χ1) is 9.26. The van der Waals surface area contributed by atoms with Crippen molar-refractivity contribution < 1.29 is 0 Å². The first-order valence-corrected chi connectivity index (χ1v) is 7.31. The fourth-order valence-electron chi connectivity index (χ4n) is 2.72. The molecule has 0 fully saturated rings. The zero-order valence-electron chi connectivity index (χ0n) is 12.1. The van der Waals surface area contributed by atoms with E-state index in [1.165, 1.54) is 36.1 Å². The summed E-state index contributed by atoms with van der Waals surface area (Å²) >= 11 is 0. The molecule has 0 aliphatic carbocycles. The van der Waals surface area contributed by atoms with Crippen LogP contribution < -0.4 is 10.2 Å². The Kier molecular flexibility index (Phi) is 4.87. The van der Waals surface area contributed by atoms with Crippen molar-refractivity contribution in [2.75, 3.05) is 24.5 Å². The Hall–Kier alpha value is -1.46. The highest BCUT2D eigenvalue weighted by Crippen LogP contribution is 2.29. The lowest BCUT2D eigenvalue weighted by Gasteiger charge is -2.30. The highest BCUT2D eigenvalue weighted by molar-refractivity contribution is 5.57. The van der Waals surface area contributed by atoms with Crippen LogP contribution in [-0.4, -0.2) is 19.6 Å². The van der Waals surface area contributed by atoms with E-state index in [0.717, 1.165) is 19.6 Å². The number of terminal acetylenes is 1. The second kappa shape index (κ2) is 6.63. The number of rotatable bonds is 5. The zero-order chi connectivity index (χ0) is 13.7. The van der Waals surface area contributed by atoms with E-state index in [9.17, 15) is 0 Å². The van der Waals surface area contributed by atoms with Crippen LogP contribution >= 0.6 is 0 Å². The molecule has 0 saturated carbocycles. The van der Waals surface area contributed by atoms with Crippen LogP contribution in [0.2, 0.25) is 0 Å². The highest BCUT2D eigenvalue weighted by Gasteiger charge is 2.17. The number of nitrogens with one attached hydrogen (secondary N) is 1. The van der Waals surface area contributed by atoms with E-state index in [4.69, 9.17) is 6.42 Å². The largest absolute Gasteiger partial charge is 0.360 e. The maximum atomic E-state index is 5.45. The molecule has 0 spiro atoms. The molecule has 1 aromatic carbocycles. The Morgan fingerprint density at radius 1 is 1.47 bits per heavy atom.